The van der Waals surface area contributed by atoms with Crippen LogP contribution in [0.25, 0.3) is 0 Å². The van der Waals surface area contributed by atoms with E-state index in [0.29, 0.717) is 0 Å². The first-order valence-electron chi connectivity index (χ1n) is 8.77. The van der Waals surface area contributed by atoms with E-state index in [1.54, 1.807) is 27.4 Å². The molecule has 2 aromatic carbocycles. The predicted octanol–water partition coefficient (Wildman–Crippen LogP) is 0.339. The summed E-state index contributed by atoms with van der Waals surface area (Å²) >= 11 is 1.69. The topological polar surface area (TPSA) is 0 Å². The molecule has 0 amide bonds. The van der Waals surface area contributed by atoms with Crippen molar-refractivity contribution in [1.82, 2.24) is 0 Å². The number of halogens is 2. The predicted molar refractivity (Wildman–Crippen MR) is 101 cm³/mol. The van der Waals surface area contributed by atoms with E-state index in [0.717, 1.165) is 0 Å². The van der Waals surface area contributed by atoms with Gasteiger partial charge in [-0.2, -0.15) is 45.5 Å². The molecule has 0 unspecified atom stereocenters. The Hall–Kier alpha value is 0.0331. The molecule has 1 aliphatic rings. The molecule has 0 atom stereocenters. The summed E-state index contributed by atoms with van der Waals surface area (Å²) in [5, 5.41) is 0. The molecule has 1 saturated carbocycles. The summed E-state index contributed by atoms with van der Waals surface area (Å²) in [6.07, 6.45) is 7.32. The minimum atomic E-state index is 0. The van der Waals surface area contributed by atoms with Crippen LogP contribution in [-0.4, -0.2) is 3.21 Å². The van der Waals surface area contributed by atoms with E-state index >= 15 is 0 Å². The van der Waals surface area contributed by atoms with Gasteiger partial charge in [0.1, 0.15) is 0 Å². The first-order chi connectivity index (χ1) is 10.8. The second-order valence-corrected chi connectivity index (χ2v) is 8.63. The van der Waals surface area contributed by atoms with Crippen molar-refractivity contribution in [3.63, 3.8) is 0 Å². The zero-order valence-electron chi connectivity index (χ0n) is 16.6. The normalized spacial score (nSPS) is 12.7. The standard InChI is InChI=1S/C9H13.C7H9.C6H10.2ClH.Zr/c1-6-5-7(2)9(4)8(6)3;1-6-3-4-7(2)5-6;1-2-4-6-5-3-1;;;/h5H,1-4H3;3-5H,1-2H3;1-5H2;2*1H;/q2*-1;;;;+2/p-2. The molecular formula is C22H32Cl2Zr-2. The molecule has 1 aliphatic carbocycles. The van der Waals surface area contributed by atoms with Crippen molar-refractivity contribution in [2.75, 3.05) is 0 Å². The minimum absolute atomic E-state index is 0. The van der Waals surface area contributed by atoms with Crippen molar-refractivity contribution >= 4 is 3.21 Å². The van der Waals surface area contributed by atoms with Gasteiger partial charge in [-0.3, -0.25) is 0 Å². The van der Waals surface area contributed by atoms with Gasteiger partial charge in [0.15, 0.2) is 0 Å². The average molecular weight is 459 g/mol. The van der Waals surface area contributed by atoms with Crippen LogP contribution >= 0.6 is 0 Å². The molecule has 0 heterocycles. The van der Waals surface area contributed by atoms with E-state index < -0.39 is 0 Å². The maximum absolute atomic E-state index is 2.24. The van der Waals surface area contributed by atoms with Gasteiger partial charge in [0.05, 0.1) is 0 Å². The second-order valence-electron chi connectivity index (χ2n) is 6.89. The van der Waals surface area contributed by atoms with Gasteiger partial charge in [-0.15, -0.1) is 0 Å². The second kappa shape index (κ2) is 14.1. The molecule has 3 rings (SSSR count). The first kappa shape index (κ1) is 27.3. The van der Waals surface area contributed by atoms with Crippen LogP contribution in [0.1, 0.15) is 65.5 Å². The van der Waals surface area contributed by atoms with Crippen LogP contribution in [0.2, 0.25) is 0 Å². The Labute approximate surface area is 182 Å². The summed E-state index contributed by atoms with van der Waals surface area (Å²) in [4.78, 5) is 0. The summed E-state index contributed by atoms with van der Waals surface area (Å²) in [7, 11) is 0. The molecule has 0 radical (unpaired) electrons. The number of rotatable bonds is 0. The van der Waals surface area contributed by atoms with Gasteiger partial charge >= 0.3 is 59.5 Å². The summed E-state index contributed by atoms with van der Waals surface area (Å²) < 4.78 is 1.80. The van der Waals surface area contributed by atoms with E-state index in [1.807, 2.05) is 0 Å². The molecule has 140 valence electrons. The quantitative estimate of drug-likeness (QED) is 0.500. The summed E-state index contributed by atoms with van der Waals surface area (Å²) in [5.74, 6) is 0. The Morgan fingerprint density at radius 1 is 0.680 bits per heavy atom. The van der Waals surface area contributed by atoms with Crippen molar-refractivity contribution in [2.45, 2.75) is 73.6 Å². The van der Waals surface area contributed by atoms with Gasteiger partial charge in [-0.25, -0.2) is 12.1 Å². The van der Waals surface area contributed by atoms with Crippen LogP contribution in [0.3, 0.4) is 0 Å². The van der Waals surface area contributed by atoms with Gasteiger partial charge in [0.25, 0.3) is 0 Å². The zero-order valence-corrected chi connectivity index (χ0v) is 20.6. The van der Waals surface area contributed by atoms with Gasteiger partial charge in [0.2, 0.25) is 0 Å². The summed E-state index contributed by atoms with van der Waals surface area (Å²) in [6.45, 7) is 12.9. The third kappa shape index (κ3) is 10.7. The van der Waals surface area contributed by atoms with E-state index in [9.17, 15) is 0 Å². The molecule has 0 aromatic heterocycles. The fourth-order valence-corrected chi connectivity index (χ4v) is 3.70. The van der Waals surface area contributed by atoms with E-state index in [1.165, 1.54) is 65.5 Å². The van der Waals surface area contributed by atoms with Crippen LogP contribution in [0, 0.1) is 41.5 Å². The van der Waals surface area contributed by atoms with Crippen molar-refractivity contribution in [3.05, 3.63) is 57.6 Å². The van der Waals surface area contributed by atoms with Crippen LogP contribution < -0.4 is 24.8 Å². The van der Waals surface area contributed by atoms with E-state index in [-0.39, 0.29) is 24.8 Å². The van der Waals surface area contributed by atoms with E-state index in [4.69, 9.17) is 0 Å². The van der Waals surface area contributed by atoms with Crippen LogP contribution in [0.5, 0.6) is 0 Å². The van der Waals surface area contributed by atoms with E-state index in [2.05, 4.69) is 65.8 Å². The Morgan fingerprint density at radius 3 is 1.24 bits per heavy atom. The molecule has 0 nitrogen and oxygen atoms in total. The average Bonchev–Trinajstić information content (AvgIpc) is 2.99. The molecule has 0 N–H and O–H groups in total. The number of hydrogen-bond acceptors (Lipinski definition) is 0. The number of hydrogen-bond donors (Lipinski definition) is 0. The van der Waals surface area contributed by atoms with Crippen molar-refractivity contribution < 1.29 is 49.0 Å². The summed E-state index contributed by atoms with van der Waals surface area (Å²) in [5.41, 5.74) is 8.46. The fourth-order valence-electron chi connectivity index (χ4n) is 2.83. The van der Waals surface area contributed by atoms with Gasteiger partial charge < -0.3 is 24.8 Å². The molecule has 0 bridgehead atoms. The molecule has 0 aliphatic heterocycles. The molecule has 3 heteroatoms. The Bertz CT molecular complexity index is 573. The Kier molecular flexibility index (Phi) is 15.4. The van der Waals surface area contributed by atoms with Crippen molar-refractivity contribution in [2.24, 2.45) is 0 Å². The van der Waals surface area contributed by atoms with Crippen molar-refractivity contribution in [1.29, 1.82) is 0 Å². The van der Waals surface area contributed by atoms with Crippen LogP contribution in [0.15, 0.2) is 24.3 Å². The monoisotopic (exact) mass is 456 g/mol. The molecule has 25 heavy (non-hydrogen) atoms. The Balaban J connectivity index is 0. The van der Waals surface area contributed by atoms with Crippen LogP contribution in [0.4, 0.5) is 0 Å². The molecule has 0 saturated heterocycles. The third-order valence-electron chi connectivity index (χ3n) is 4.70. The molecule has 0 spiro atoms. The molecule has 2 aromatic rings. The first-order valence-corrected chi connectivity index (χ1v) is 10.0. The molecule has 1 fully saturated rings. The van der Waals surface area contributed by atoms with Crippen LogP contribution in [-0.2, 0) is 24.2 Å². The van der Waals surface area contributed by atoms with Crippen molar-refractivity contribution in [3.8, 4) is 0 Å². The third-order valence-corrected chi connectivity index (χ3v) is 5.93. The number of aryl methyl sites for hydroxylation is 4. The van der Waals surface area contributed by atoms with Gasteiger partial charge in [0, 0.05) is 0 Å². The van der Waals surface area contributed by atoms with Gasteiger partial charge in [-0.1, -0.05) is 41.5 Å². The molecular weight excluding hydrogens is 426 g/mol. The summed E-state index contributed by atoms with van der Waals surface area (Å²) in [6, 6.07) is 8.65. The SMILES string of the molecule is Cc1[cH-]c(C)c(C)c1C.Cc1ccc(C)[cH-]1.[Cl-].[Cl-].[Zr+2]=[C]1CCCCC1. The fraction of sp³-hybridized carbons (Fsp3) is 0.500. The maximum atomic E-state index is 2.24. The van der Waals surface area contributed by atoms with Gasteiger partial charge in [-0.05, 0) is 0 Å². The Morgan fingerprint density at radius 2 is 1.08 bits per heavy atom. The zero-order chi connectivity index (χ0) is 17.4.